The number of hydrogen-bond donors (Lipinski definition) is 1. The standard InChI is InChI=1S/C20H23N3O3/c1-14(20(24)22-17-10-6-5-8-15(17)12-21)23(2)13-16-9-7-11-18(25-3)19(16)26-4/h5-11,14H,13H2,1-4H3,(H,22,24)/t14-/m0/s1. The minimum atomic E-state index is -0.405. The zero-order valence-electron chi connectivity index (χ0n) is 15.4. The molecule has 136 valence electrons. The van der Waals surface area contributed by atoms with Gasteiger partial charge in [-0.15, -0.1) is 0 Å². The van der Waals surface area contributed by atoms with Crippen molar-refractivity contribution >= 4 is 11.6 Å². The number of hydrogen-bond acceptors (Lipinski definition) is 5. The van der Waals surface area contributed by atoms with Gasteiger partial charge in [0.25, 0.3) is 0 Å². The number of carbonyl (C=O) groups excluding carboxylic acids is 1. The summed E-state index contributed by atoms with van der Waals surface area (Å²) in [5.74, 6) is 1.12. The van der Waals surface area contributed by atoms with Crippen molar-refractivity contribution in [1.29, 1.82) is 5.26 Å². The highest BCUT2D eigenvalue weighted by Crippen LogP contribution is 2.31. The van der Waals surface area contributed by atoms with Crippen LogP contribution in [0.5, 0.6) is 11.5 Å². The molecule has 0 aliphatic heterocycles. The Kier molecular flexibility index (Phi) is 6.59. The number of ether oxygens (including phenoxy) is 2. The van der Waals surface area contributed by atoms with E-state index in [4.69, 9.17) is 14.7 Å². The van der Waals surface area contributed by atoms with Gasteiger partial charge in [0.2, 0.25) is 5.91 Å². The minimum absolute atomic E-state index is 0.183. The number of anilines is 1. The number of rotatable bonds is 7. The van der Waals surface area contributed by atoms with Gasteiger partial charge in [-0.05, 0) is 32.2 Å². The molecule has 0 unspecified atom stereocenters. The molecule has 0 aliphatic rings. The van der Waals surface area contributed by atoms with E-state index < -0.39 is 6.04 Å². The third-order valence-corrected chi connectivity index (χ3v) is 4.25. The number of methoxy groups -OCH3 is 2. The largest absolute Gasteiger partial charge is 0.493 e. The van der Waals surface area contributed by atoms with Crippen LogP contribution in [0.4, 0.5) is 5.69 Å². The maximum Gasteiger partial charge on any atom is 0.241 e. The molecule has 0 bridgehead atoms. The molecule has 6 heteroatoms. The molecule has 0 saturated carbocycles. The fourth-order valence-corrected chi connectivity index (χ4v) is 2.61. The van der Waals surface area contributed by atoms with Crippen molar-refractivity contribution in [2.24, 2.45) is 0 Å². The molecule has 6 nitrogen and oxygen atoms in total. The summed E-state index contributed by atoms with van der Waals surface area (Å²) >= 11 is 0. The molecule has 26 heavy (non-hydrogen) atoms. The second kappa shape index (κ2) is 8.88. The van der Waals surface area contributed by atoms with Crippen molar-refractivity contribution in [2.75, 3.05) is 26.6 Å². The SMILES string of the molecule is COc1cccc(CN(C)[C@@H](C)C(=O)Nc2ccccc2C#N)c1OC. The smallest absolute Gasteiger partial charge is 0.241 e. The van der Waals surface area contributed by atoms with E-state index in [1.165, 1.54) is 0 Å². The summed E-state index contributed by atoms with van der Waals surface area (Å²) < 4.78 is 10.8. The molecule has 0 aliphatic carbocycles. The summed E-state index contributed by atoms with van der Waals surface area (Å²) in [5, 5.41) is 12.0. The molecule has 0 heterocycles. The topological polar surface area (TPSA) is 74.6 Å². The Labute approximate surface area is 153 Å². The van der Waals surface area contributed by atoms with Gasteiger partial charge >= 0.3 is 0 Å². The zero-order chi connectivity index (χ0) is 19.1. The van der Waals surface area contributed by atoms with Crippen LogP contribution in [0.1, 0.15) is 18.1 Å². The number of para-hydroxylation sites is 2. The van der Waals surface area contributed by atoms with E-state index in [0.717, 1.165) is 5.56 Å². The number of carbonyl (C=O) groups is 1. The van der Waals surface area contributed by atoms with E-state index in [-0.39, 0.29) is 5.91 Å². The Bertz CT molecular complexity index is 814. The average Bonchev–Trinajstić information content (AvgIpc) is 2.67. The zero-order valence-corrected chi connectivity index (χ0v) is 15.4. The first kappa shape index (κ1) is 19.3. The molecule has 0 spiro atoms. The van der Waals surface area contributed by atoms with Crippen LogP contribution in [0.2, 0.25) is 0 Å². The second-order valence-corrected chi connectivity index (χ2v) is 5.89. The van der Waals surface area contributed by atoms with Crippen molar-refractivity contribution in [1.82, 2.24) is 4.90 Å². The van der Waals surface area contributed by atoms with Crippen LogP contribution in [0.25, 0.3) is 0 Å². The summed E-state index contributed by atoms with van der Waals surface area (Å²) in [6.07, 6.45) is 0. The fourth-order valence-electron chi connectivity index (χ4n) is 2.61. The molecule has 0 radical (unpaired) electrons. The maximum atomic E-state index is 12.6. The molecule has 1 N–H and O–H groups in total. The molecule has 1 atom stereocenters. The first-order chi connectivity index (χ1) is 12.5. The summed E-state index contributed by atoms with van der Waals surface area (Å²) in [7, 11) is 5.05. The molecule has 0 fully saturated rings. The Morgan fingerprint density at radius 3 is 2.58 bits per heavy atom. The fraction of sp³-hybridized carbons (Fsp3) is 0.300. The lowest BCUT2D eigenvalue weighted by Gasteiger charge is -2.25. The molecule has 0 saturated heterocycles. The number of likely N-dealkylation sites (N-methyl/N-ethyl adjacent to an activating group) is 1. The van der Waals surface area contributed by atoms with Crippen molar-refractivity contribution in [3.63, 3.8) is 0 Å². The van der Waals surface area contributed by atoms with E-state index in [2.05, 4.69) is 11.4 Å². The molecular formula is C20H23N3O3. The van der Waals surface area contributed by atoms with E-state index >= 15 is 0 Å². The monoisotopic (exact) mass is 353 g/mol. The Balaban J connectivity index is 2.11. The van der Waals surface area contributed by atoms with Crippen LogP contribution in [0.15, 0.2) is 42.5 Å². The summed E-state index contributed by atoms with van der Waals surface area (Å²) in [5.41, 5.74) is 1.87. The van der Waals surface area contributed by atoms with Crippen molar-refractivity contribution in [2.45, 2.75) is 19.5 Å². The van der Waals surface area contributed by atoms with Gasteiger partial charge < -0.3 is 14.8 Å². The van der Waals surface area contributed by atoms with Crippen molar-refractivity contribution < 1.29 is 14.3 Å². The molecular weight excluding hydrogens is 330 g/mol. The third-order valence-electron chi connectivity index (χ3n) is 4.25. The van der Waals surface area contributed by atoms with Crippen LogP contribution in [-0.2, 0) is 11.3 Å². The van der Waals surface area contributed by atoms with E-state index in [9.17, 15) is 4.79 Å². The second-order valence-electron chi connectivity index (χ2n) is 5.89. The van der Waals surface area contributed by atoms with E-state index in [1.54, 1.807) is 38.5 Å². The van der Waals surface area contributed by atoms with Gasteiger partial charge in [-0.2, -0.15) is 5.26 Å². The number of benzene rings is 2. The van der Waals surface area contributed by atoms with Gasteiger partial charge in [-0.25, -0.2) is 0 Å². The van der Waals surface area contributed by atoms with Crippen LogP contribution >= 0.6 is 0 Å². The molecule has 2 rings (SSSR count). The van der Waals surface area contributed by atoms with Crippen molar-refractivity contribution in [3.8, 4) is 17.6 Å². The average molecular weight is 353 g/mol. The quantitative estimate of drug-likeness (QED) is 0.828. The summed E-state index contributed by atoms with van der Waals surface area (Å²) in [6.45, 7) is 2.33. The third kappa shape index (κ3) is 4.32. The minimum Gasteiger partial charge on any atom is -0.493 e. The summed E-state index contributed by atoms with van der Waals surface area (Å²) in [4.78, 5) is 14.5. The number of amides is 1. The lowest BCUT2D eigenvalue weighted by molar-refractivity contribution is -0.120. The highest BCUT2D eigenvalue weighted by Gasteiger charge is 2.21. The number of nitrogens with zero attached hydrogens (tertiary/aromatic N) is 2. The molecule has 1 amide bonds. The van der Waals surface area contributed by atoms with Crippen LogP contribution in [0.3, 0.4) is 0 Å². The predicted molar refractivity (Wildman–Crippen MR) is 100 cm³/mol. The van der Waals surface area contributed by atoms with Gasteiger partial charge in [0, 0.05) is 12.1 Å². The van der Waals surface area contributed by atoms with Gasteiger partial charge in [0.05, 0.1) is 31.5 Å². The highest BCUT2D eigenvalue weighted by atomic mass is 16.5. The van der Waals surface area contributed by atoms with Crippen molar-refractivity contribution in [3.05, 3.63) is 53.6 Å². The molecule has 2 aromatic carbocycles. The molecule has 2 aromatic rings. The highest BCUT2D eigenvalue weighted by molar-refractivity contribution is 5.95. The van der Waals surface area contributed by atoms with Crippen LogP contribution in [-0.4, -0.2) is 38.1 Å². The van der Waals surface area contributed by atoms with E-state index in [1.807, 2.05) is 37.1 Å². The lowest BCUT2D eigenvalue weighted by Crippen LogP contribution is -2.39. The van der Waals surface area contributed by atoms with Gasteiger partial charge in [-0.3, -0.25) is 9.69 Å². The van der Waals surface area contributed by atoms with E-state index in [0.29, 0.717) is 29.3 Å². The van der Waals surface area contributed by atoms with Crippen LogP contribution < -0.4 is 14.8 Å². The predicted octanol–water partition coefficient (Wildman–Crippen LogP) is 3.03. The summed E-state index contributed by atoms with van der Waals surface area (Å²) in [6, 6.07) is 14.3. The van der Waals surface area contributed by atoms with Gasteiger partial charge in [0.1, 0.15) is 6.07 Å². The normalized spacial score (nSPS) is 11.5. The number of nitriles is 1. The van der Waals surface area contributed by atoms with Gasteiger partial charge in [0.15, 0.2) is 11.5 Å². The first-order valence-electron chi connectivity index (χ1n) is 8.22. The Morgan fingerprint density at radius 1 is 1.19 bits per heavy atom. The lowest BCUT2D eigenvalue weighted by atomic mass is 10.1. The first-order valence-corrected chi connectivity index (χ1v) is 8.22. The Morgan fingerprint density at radius 2 is 1.92 bits per heavy atom. The number of nitrogens with one attached hydrogen (secondary N) is 1. The van der Waals surface area contributed by atoms with Gasteiger partial charge in [-0.1, -0.05) is 24.3 Å². The Hall–Kier alpha value is -3.04. The van der Waals surface area contributed by atoms with Crippen LogP contribution in [0, 0.1) is 11.3 Å². The maximum absolute atomic E-state index is 12.6. The molecule has 0 aromatic heterocycles.